The van der Waals surface area contributed by atoms with Gasteiger partial charge < -0.3 is 9.47 Å². The van der Waals surface area contributed by atoms with Gasteiger partial charge >= 0.3 is 11.9 Å². The highest BCUT2D eigenvalue weighted by Gasteiger charge is 2.43. The van der Waals surface area contributed by atoms with Crippen LogP contribution in [-0.4, -0.2) is 29.9 Å². The Morgan fingerprint density at radius 3 is 2.04 bits per heavy atom. The Morgan fingerprint density at radius 1 is 1.08 bits per heavy atom. The van der Waals surface area contributed by atoms with Crippen LogP contribution in [0.1, 0.15) is 50.5 Å². The molecule has 5 nitrogen and oxygen atoms in total. The molecule has 0 aromatic heterocycles. The zero-order valence-corrected chi connectivity index (χ0v) is 14.8. The highest BCUT2D eigenvalue weighted by Crippen LogP contribution is 2.24. The minimum absolute atomic E-state index is 0.329. The quantitative estimate of drug-likeness (QED) is 0.590. The maximum atomic E-state index is 12.3. The monoisotopic (exact) mass is 332 g/mol. The van der Waals surface area contributed by atoms with Crippen molar-refractivity contribution in [1.29, 1.82) is 0 Å². The smallest absolute Gasteiger partial charge is 0.338 e. The summed E-state index contributed by atoms with van der Waals surface area (Å²) >= 11 is 0. The van der Waals surface area contributed by atoms with Crippen LogP contribution in [-0.2, 0) is 19.1 Å². The fraction of sp³-hybridized carbons (Fsp3) is 0.421. The summed E-state index contributed by atoms with van der Waals surface area (Å²) in [6, 6.07) is 6.64. The average Bonchev–Trinajstić information content (AvgIpc) is 2.50. The van der Waals surface area contributed by atoms with Gasteiger partial charge in [-0.2, -0.15) is 0 Å². The van der Waals surface area contributed by atoms with E-state index in [-0.39, 0.29) is 6.61 Å². The summed E-state index contributed by atoms with van der Waals surface area (Å²) in [5.41, 5.74) is -1.08. The molecule has 1 atom stereocenters. The van der Waals surface area contributed by atoms with Crippen molar-refractivity contribution in [2.24, 2.45) is 5.41 Å². The highest BCUT2D eigenvalue weighted by atomic mass is 16.6. The summed E-state index contributed by atoms with van der Waals surface area (Å²) in [5, 5.41) is 0. The van der Waals surface area contributed by atoms with Crippen molar-refractivity contribution in [3.63, 3.8) is 0 Å². The van der Waals surface area contributed by atoms with Crippen molar-refractivity contribution in [3.8, 4) is 0 Å². The van der Waals surface area contributed by atoms with Crippen molar-refractivity contribution >= 4 is 23.8 Å². The van der Waals surface area contributed by atoms with Gasteiger partial charge in [0.15, 0.2) is 5.41 Å². The Labute approximate surface area is 142 Å². The maximum Gasteiger partial charge on any atom is 0.338 e. The molecule has 0 fully saturated rings. The van der Waals surface area contributed by atoms with Crippen LogP contribution >= 0.6 is 0 Å². The standard InChI is InChI=1S/C19H24O5/c1-7-14-8-10-15(11-9-14)16(21)23-12-19(6,13(2)20)17(22)24-18(3,4)5/h7-11H,1,12H2,2-6H3. The molecular weight excluding hydrogens is 308 g/mol. The Kier molecular flexibility index (Phi) is 6.07. The predicted molar refractivity (Wildman–Crippen MR) is 91.4 cm³/mol. The molecule has 0 aliphatic heterocycles. The minimum atomic E-state index is -1.54. The molecule has 0 spiro atoms. The second-order valence-electron chi connectivity index (χ2n) is 6.79. The van der Waals surface area contributed by atoms with E-state index in [1.165, 1.54) is 13.8 Å². The Morgan fingerprint density at radius 2 is 1.62 bits per heavy atom. The number of ether oxygens (including phenoxy) is 2. The molecule has 24 heavy (non-hydrogen) atoms. The molecule has 1 rings (SSSR count). The molecule has 130 valence electrons. The maximum absolute atomic E-state index is 12.3. The van der Waals surface area contributed by atoms with Crippen molar-refractivity contribution in [2.75, 3.05) is 6.61 Å². The normalized spacial score (nSPS) is 13.5. The van der Waals surface area contributed by atoms with Crippen LogP contribution in [0.5, 0.6) is 0 Å². The zero-order valence-electron chi connectivity index (χ0n) is 14.8. The zero-order chi connectivity index (χ0) is 18.5. The molecule has 0 aliphatic rings. The number of benzene rings is 1. The molecule has 0 aliphatic carbocycles. The molecule has 1 unspecified atom stereocenters. The van der Waals surface area contributed by atoms with E-state index >= 15 is 0 Å². The number of carbonyl (C=O) groups excluding carboxylic acids is 3. The lowest BCUT2D eigenvalue weighted by atomic mass is 9.87. The van der Waals surface area contributed by atoms with Crippen LogP contribution in [0.3, 0.4) is 0 Å². The van der Waals surface area contributed by atoms with Crippen LogP contribution in [0.4, 0.5) is 0 Å². The van der Waals surface area contributed by atoms with Gasteiger partial charge in [0, 0.05) is 0 Å². The molecule has 1 aromatic carbocycles. The topological polar surface area (TPSA) is 69.7 Å². The molecule has 0 heterocycles. The van der Waals surface area contributed by atoms with Gasteiger partial charge in [-0.05, 0) is 52.3 Å². The van der Waals surface area contributed by atoms with Crippen LogP contribution in [0.15, 0.2) is 30.8 Å². The van der Waals surface area contributed by atoms with Gasteiger partial charge in [-0.15, -0.1) is 0 Å². The molecule has 5 heteroatoms. The molecule has 0 N–H and O–H groups in total. The lowest BCUT2D eigenvalue weighted by Crippen LogP contribution is -2.44. The largest absolute Gasteiger partial charge is 0.460 e. The van der Waals surface area contributed by atoms with Gasteiger partial charge in [0.1, 0.15) is 18.0 Å². The van der Waals surface area contributed by atoms with E-state index in [1.807, 2.05) is 0 Å². The Bertz CT molecular complexity index is 637. The lowest BCUT2D eigenvalue weighted by Gasteiger charge is -2.29. The lowest BCUT2D eigenvalue weighted by molar-refractivity contribution is -0.171. The van der Waals surface area contributed by atoms with E-state index in [0.717, 1.165) is 5.56 Å². The number of hydrogen-bond donors (Lipinski definition) is 0. The van der Waals surface area contributed by atoms with Crippen molar-refractivity contribution < 1.29 is 23.9 Å². The SMILES string of the molecule is C=Cc1ccc(C(=O)OCC(C)(C(C)=O)C(=O)OC(C)(C)C)cc1. The van der Waals surface area contributed by atoms with Gasteiger partial charge in [0.25, 0.3) is 0 Å². The third kappa shape index (κ3) is 5.05. The number of hydrogen-bond acceptors (Lipinski definition) is 5. The summed E-state index contributed by atoms with van der Waals surface area (Å²) in [7, 11) is 0. The van der Waals surface area contributed by atoms with E-state index in [1.54, 1.807) is 51.1 Å². The second kappa shape index (κ2) is 7.43. The highest BCUT2D eigenvalue weighted by molar-refractivity contribution is 6.03. The molecule has 1 aromatic rings. The average molecular weight is 332 g/mol. The summed E-state index contributed by atoms with van der Waals surface area (Å²) in [6.07, 6.45) is 1.66. The van der Waals surface area contributed by atoms with Crippen molar-refractivity contribution in [2.45, 2.75) is 40.2 Å². The van der Waals surface area contributed by atoms with Gasteiger partial charge in [-0.3, -0.25) is 9.59 Å². The van der Waals surface area contributed by atoms with Crippen molar-refractivity contribution in [3.05, 3.63) is 42.0 Å². The van der Waals surface area contributed by atoms with E-state index in [9.17, 15) is 14.4 Å². The number of esters is 2. The van der Waals surface area contributed by atoms with Gasteiger partial charge in [-0.1, -0.05) is 24.8 Å². The first kappa shape index (κ1) is 19.6. The summed E-state index contributed by atoms with van der Waals surface area (Å²) in [6.45, 7) is 11.1. The van der Waals surface area contributed by atoms with E-state index in [4.69, 9.17) is 9.47 Å². The molecule has 0 bridgehead atoms. The first-order chi connectivity index (χ1) is 11.0. The number of rotatable bonds is 6. The summed E-state index contributed by atoms with van der Waals surface area (Å²) < 4.78 is 10.4. The van der Waals surface area contributed by atoms with Crippen LogP contribution in [0.2, 0.25) is 0 Å². The third-order valence-electron chi connectivity index (χ3n) is 3.50. The van der Waals surface area contributed by atoms with Crippen LogP contribution in [0, 0.1) is 5.41 Å². The second-order valence-corrected chi connectivity index (χ2v) is 6.79. The van der Waals surface area contributed by atoms with Crippen LogP contribution < -0.4 is 0 Å². The fourth-order valence-corrected chi connectivity index (χ4v) is 1.74. The predicted octanol–water partition coefficient (Wildman–Crippen LogP) is 3.42. The Balaban J connectivity index is 2.85. The fourth-order valence-electron chi connectivity index (χ4n) is 1.74. The molecule has 0 saturated heterocycles. The number of Topliss-reactive ketones (excluding diaryl/α,β-unsaturated/α-hetero) is 1. The summed E-state index contributed by atoms with van der Waals surface area (Å²) in [5.74, 6) is -1.74. The first-order valence-electron chi connectivity index (χ1n) is 7.64. The van der Waals surface area contributed by atoms with Gasteiger partial charge in [0.05, 0.1) is 5.56 Å². The first-order valence-corrected chi connectivity index (χ1v) is 7.64. The number of carbonyl (C=O) groups is 3. The van der Waals surface area contributed by atoms with Crippen molar-refractivity contribution in [1.82, 2.24) is 0 Å². The minimum Gasteiger partial charge on any atom is -0.460 e. The van der Waals surface area contributed by atoms with E-state index < -0.39 is 28.7 Å². The Hall–Kier alpha value is -2.43. The van der Waals surface area contributed by atoms with E-state index in [0.29, 0.717) is 5.56 Å². The third-order valence-corrected chi connectivity index (χ3v) is 3.50. The molecule has 0 saturated carbocycles. The number of ketones is 1. The van der Waals surface area contributed by atoms with Gasteiger partial charge in [-0.25, -0.2) is 4.79 Å². The van der Waals surface area contributed by atoms with Crippen LogP contribution in [0.25, 0.3) is 6.08 Å². The molecular formula is C19H24O5. The summed E-state index contributed by atoms with van der Waals surface area (Å²) in [4.78, 5) is 36.3. The molecule has 0 amide bonds. The molecule has 0 radical (unpaired) electrons. The van der Waals surface area contributed by atoms with Gasteiger partial charge in [0.2, 0.25) is 0 Å². The van der Waals surface area contributed by atoms with E-state index in [2.05, 4.69) is 6.58 Å².